The first kappa shape index (κ1) is 20.9. The fourth-order valence-corrected chi connectivity index (χ4v) is 3.25. The lowest BCUT2D eigenvalue weighted by Crippen LogP contribution is -2.28. The standard InChI is InChI=1S/C25H29NO3/c1-17(2)29-16-23-8-6-5-7-22(23)15-26-25(27)18(3)19-9-10-21-14-24(28-4)12-11-20(21)13-19/h5-14,17-18H,15-16H2,1-4H3,(H,26,27)/t18-/m0/s1. The van der Waals surface area contributed by atoms with Gasteiger partial charge >= 0.3 is 0 Å². The van der Waals surface area contributed by atoms with Crippen molar-refractivity contribution in [3.8, 4) is 5.75 Å². The Balaban J connectivity index is 1.67. The molecule has 3 aromatic carbocycles. The van der Waals surface area contributed by atoms with Gasteiger partial charge in [-0.3, -0.25) is 4.79 Å². The monoisotopic (exact) mass is 391 g/mol. The molecule has 0 radical (unpaired) electrons. The van der Waals surface area contributed by atoms with E-state index in [1.807, 2.05) is 75.4 Å². The molecule has 1 N–H and O–H groups in total. The molecule has 0 unspecified atom stereocenters. The lowest BCUT2D eigenvalue weighted by atomic mass is 9.97. The van der Waals surface area contributed by atoms with Crippen LogP contribution < -0.4 is 10.1 Å². The van der Waals surface area contributed by atoms with Crippen molar-refractivity contribution in [1.82, 2.24) is 5.32 Å². The number of hydrogen-bond acceptors (Lipinski definition) is 3. The van der Waals surface area contributed by atoms with Crippen molar-refractivity contribution in [3.63, 3.8) is 0 Å². The quantitative estimate of drug-likeness (QED) is 0.575. The van der Waals surface area contributed by atoms with Crippen molar-refractivity contribution in [3.05, 3.63) is 77.4 Å². The van der Waals surface area contributed by atoms with Crippen molar-refractivity contribution < 1.29 is 14.3 Å². The average molecular weight is 392 g/mol. The molecule has 0 saturated heterocycles. The molecule has 4 heteroatoms. The molecule has 0 spiro atoms. The molecule has 0 saturated carbocycles. The van der Waals surface area contributed by atoms with Crippen molar-refractivity contribution in [1.29, 1.82) is 0 Å². The van der Waals surface area contributed by atoms with Crippen molar-refractivity contribution >= 4 is 16.7 Å². The molecule has 0 heterocycles. The highest BCUT2D eigenvalue weighted by atomic mass is 16.5. The minimum absolute atomic E-state index is 0.0115. The lowest BCUT2D eigenvalue weighted by molar-refractivity contribution is -0.122. The Kier molecular flexibility index (Phi) is 6.89. The van der Waals surface area contributed by atoms with Gasteiger partial charge in [-0.2, -0.15) is 0 Å². The van der Waals surface area contributed by atoms with Crippen LogP contribution in [0.25, 0.3) is 10.8 Å². The molecule has 3 rings (SSSR count). The predicted molar refractivity (Wildman–Crippen MR) is 117 cm³/mol. The van der Waals surface area contributed by atoms with Gasteiger partial charge in [-0.25, -0.2) is 0 Å². The summed E-state index contributed by atoms with van der Waals surface area (Å²) >= 11 is 0. The lowest BCUT2D eigenvalue weighted by Gasteiger charge is -2.16. The molecule has 0 aliphatic heterocycles. The van der Waals surface area contributed by atoms with Gasteiger partial charge in [0, 0.05) is 6.54 Å². The smallest absolute Gasteiger partial charge is 0.227 e. The molecular weight excluding hydrogens is 362 g/mol. The van der Waals surface area contributed by atoms with Crippen LogP contribution in [-0.2, 0) is 22.7 Å². The van der Waals surface area contributed by atoms with Gasteiger partial charge in [-0.1, -0.05) is 48.5 Å². The molecule has 1 atom stereocenters. The third-order valence-electron chi connectivity index (χ3n) is 5.11. The molecule has 4 nitrogen and oxygen atoms in total. The van der Waals surface area contributed by atoms with Crippen LogP contribution in [0.1, 0.15) is 43.4 Å². The van der Waals surface area contributed by atoms with E-state index < -0.39 is 0 Å². The Hall–Kier alpha value is -2.85. The average Bonchev–Trinajstić information content (AvgIpc) is 2.75. The topological polar surface area (TPSA) is 47.6 Å². The second-order valence-electron chi connectivity index (χ2n) is 7.54. The van der Waals surface area contributed by atoms with Gasteiger partial charge in [-0.05, 0) is 60.4 Å². The first-order valence-electron chi connectivity index (χ1n) is 10.0. The fourth-order valence-electron chi connectivity index (χ4n) is 3.25. The van der Waals surface area contributed by atoms with E-state index in [9.17, 15) is 4.79 Å². The minimum atomic E-state index is -0.236. The maximum atomic E-state index is 12.8. The zero-order valence-electron chi connectivity index (χ0n) is 17.6. The molecule has 1 amide bonds. The number of carbonyl (C=O) groups excluding carboxylic acids is 1. The van der Waals surface area contributed by atoms with E-state index in [2.05, 4.69) is 11.4 Å². The molecule has 152 valence electrons. The summed E-state index contributed by atoms with van der Waals surface area (Å²) in [6.45, 7) is 7.02. The third kappa shape index (κ3) is 5.36. The van der Waals surface area contributed by atoms with Crippen LogP contribution in [0.5, 0.6) is 5.75 Å². The van der Waals surface area contributed by atoms with Crippen LogP contribution in [0.15, 0.2) is 60.7 Å². The maximum absolute atomic E-state index is 12.8. The number of ether oxygens (including phenoxy) is 2. The second kappa shape index (κ2) is 9.57. The van der Waals surface area contributed by atoms with Crippen LogP contribution in [0, 0.1) is 0 Å². The van der Waals surface area contributed by atoms with E-state index in [1.165, 1.54) is 0 Å². The summed E-state index contributed by atoms with van der Waals surface area (Å²) in [6.07, 6.45) is 0.172. The van der Waals surface area contributed by atoms with Gasteiger partial charge in [0.2, 0.25) is 5.91 Å². The van der Waals surface area contributed by atoms with Gasteiger partial charge in [0.15, 0.2) is 0 Å². The second-order valence-corrected chi connectivity index (χ2v) is 7.54. The number of benzene rings is 3. The first-order valence-corrected chi connectivity index (χ1v) is 10.0. The number of carbonyl (C=O) groups is 1. The zero-order chi connectivity index (χ0) is 20.8. The molecule has 0 aliphatic rings. The third-order valence-corrected chi connectivity index (χ3v) is 5.11. The Morgan fingerprint density at radius 3 is 2.34 bits per heavy atom. The van der Waals surface area contributed by atoms with Crippen LogP contribution in [-0.4, -0.2) is 19.1 Å². The minimum Gasteiger partial charge on any atom is -0.497 e. The number of nitrogens with one attached hydrogen (secondary N) is 1. The van der Waals surface area contributed by atoms with E-state index in [1.54, 1.807) is 7.11 Å². The van der Waals surface area contributed by atoms with Gasteiger partial charge in [-0.15, -0.1) is 0 Å². The number of rotatable bonds is 8. The van der Waals surface area contributed by atoms with Gasteiger partial charge < -0.3 is 14.8 Å². The van der Waals surface area contributed by atoms with Gasteiger partial charge in [0.25, 0.3) is 0 Å². The summed E-state index contributed by atoms with van der Waals surface area (Å²) in [5, 5.41) is 5.27. The normalized spacial score (nSPS) is 12.2. The molecule has 0 fully saturated rings. The van der Waals surface area contributed by atoms with Crippen molar-refractivity contribution in [2.75, 3.05) is 7.11 Å². The zero-order valence-corrected chi connectivity index (χ0v) is 17.6. The van der Waals surface area contributed by atoms with Crippen LogP contribution in [0.2, 0.25) is 0 Å². The molecule has 0 bridgehead atoms. The Morgan fingerprint density at radius 1 is 0.931 bits per heavy atom. The summed E-state index contributed by atoms with van der Waals surface area (Å²) in [5.74, 6) is 0.606. The summed E-state index contributed by atoms with van der Waals surface area (Å²) in [7, 11) is 1.66. The number of methoxy groups -OCH3 is 1. The molecule has 0 aromatic heterocycles. The van der Waals surface area contributed by atoms with E-state index >= 15 is 0 Å². The Morgan fingerprint density at radius 2 is 1.62 bits per heavy atom. The Labute approximate surface area is 172 Å². The Bertz CT molecular complexity index is 981. The van der Waals surface area contributed by atoms with Crippen LogP contribution in [0.4, 0.5) is 0 Å². The van der Waals surface area contributed by atoms with E-state index in [0.717, 1.165) is 33.2 Å². The summed E-state index contributed by atoms with van der Waals surface area (Å²) in [4.78, 5) is 12.8. The highest BCUT2D eigenvalue weighted by Crippen LogP contribution is 2.25. The predicted octanol–water partition coefficient (Wildman–Crippen LogP) is 5.19. The number of amides is 1. The number of hydrogen-bond donors (Lipinski definition) is 1. The fraction of sp³-hybridized carbons (Fsp3) is 0.320. The van der Waals surface area contributed by atoms with E-state index in [4.69, 9.17) is 9.47 Å². The summed E-state index contributed by atoms with van der Waals surface area (Å²) < 4.78 is 11.0. The van der Waals surface area contributed by atoms with Crippen molar-refractivity contribution in [2.45, 2.75) is 45.9 Å². The summed E-state index contributed by atoms with van der Waals surface area (Å²) in [5.41, 5.74) is 3.18. The largest absolute Gasteiger partial charge is 0.497 e. The highest BCUT2D eigenvalue weighted by Gasteiger charge is 2.16. The number of fused-ring (bicyclic) bond motifs is 1. The maximum Gasteiger partial charge on any atom is 0.227 e. The van der Waals surface area contributed by atoms with E-state index in [-0.39, 0.29) is 17.9 Å². The molecule has 3 aromatic rings. The van der Waals surface area contributed by atoms with Crippen molar-refractivity contribution in [2.24, 2.45) is 0 Å². The van der Waals surface area contributed by atoms with Gasteiger partial charge in [0.1, 0.15) is 5.75 Å². The van der Waals surface area contributed by atoms with Crippen LogP contribution >= 0.6 is 0 Å². The summed E-state index contributed by atoms with van der Waals surface area (Å²) in [6, 6.07) is 20.1. The van der Waals surface area contributed by atoms with Crippen LogP contribution in [0.3, 0.4) is 0 Å². The highest BCUT2D eigenvalue weighted by molar-refractivity contribution is 5.88. The molecule has 0 aliphatic carbocycles. The van der Waals surface area contributed by atoms with Gasteiger partial charge in [0.05, 0.1) is 25.7 Å². The SMILES string of the molecule is COc1ccc2cc([C@H](C)C(=O)NCc3ccccc3COC(C)C)ccc2c1. The molecule has 29 heavy (non-hydrogen) atoms. The first-order chi connectivity index (χ1) is 14.0. The van der Waals surface area contributed by atoms with E-state index in [0.29, 0.717) is 13.2 Å². The molecular formula is C25H29NO3.